The van der Waals surface area contributed by atoms with Crippen LogP contribution in [0.25, 0.3) is 0 Å². The molecule has 0 spiro atoms. The second-order valence-electron chi connectivity index (χ2n) is 6.62. The van der Waals surface area contributed by atoms with Crippen molar-refractivity contribution in [3.05, 3.63) is 35.6 Å². The van der Waals surface area contributed by atoms with Crippen molar-refractivity contribution < 1.29 is 9.32 Å². The normalized spacial score (nSPS) is 20.9. The fourth-order valence-electron chi connectivity index (χ4n) is 3.07. The SMILES string of the molecule is Cc1noc(C2CCCN(C(=O)c3ccc(NC4CC4)nc3)C2)n1. The molecule has 2 aliphatic rings. The van der Waals surface area contributed by atoms with Crippen molar-refractivity contribution in [1.29, 1.82) is 0 Å². The zero-order valence-electron chi connectivity index (χ0n) is 13.7. The van der Waals surface area contributed by atoms with E-state index < -0.39 is 0 Å². The van der Waals surface area contributed by atoms with Crippen molar-refractivity contribution in [1.82, 2.24) is 20.0 Å². The number of piperidine rings is 1. The van der Waals surface area contributed by atoms with Gasteiger partial charge in [-0.3, -0.25) is 4.79 Å². The average Bonchev–Trinajstić information content (AvgIpc) is 3.32. The molecular formula is C17H21N5O2. The van der Waals surface area contributed by atoms with Crippen LogP contribution in [-0.2, 0) is 0 Å². The van der Waals surface area contributed by atoms with Gasteiger partial charge in [-0.1, -0.05) is 5.16 Å². The van der Waals surface area contributed by atoms with Gasteiger partial charge in [0.05, 0.1) is 11.5 Å². The van der Waals surface area contributed by atoms with Crippen LogP contribution in [0.2, 0.25) is 0 Å². The van der Waals surface area contributed by atoms with Gasteiger partial charge < -0.3 is 14.7 Å². The summed E-state index contributed by atoms with van der Waals surface area (Å²) in [6, 6.07) is 4.29. The van der Waals surface area contributed by atoms with Crippen molar-refractivity contribution in [2.75, 3.05) is 18.4 Å². The summed E-state index contributed by atoms with van der Waals surface area (Å²) in [5, 5.41) is 7.18. The summed E-state index contributed by atoms with van der Waals surface area (Å²) >= 11 is 0. The van der Waals surface area contributed by atoms with E-state index in [1.54, 1.807) is 6.20 Å². The number of carbonyl (C=O) groups excluding carboxylic acids is 1. The van der Waals surface area contributed by atoms with Gasteiger partial charge >= 0.3 is 0 Å². The Balaban J connectivity index is 1.43. The molecule has 0 aromatic carbocycles. The van der Waals surface area contributed by atoms with E-state index >= 15 is 0 Å². The Hall–Kier alpha value is -2.44. The summed E-state index contributed by atoms with van der Waals surface area (Å²) in [4.78, 5) is 23.3. The summed E-state index contributed by atoms with van der Waals surface area (Å²) in [6.45, 7) is 3.18. The molecule has 2 aromatic heterocycles. The zero-order valence-corrected chi connectivity index (χ0v) is 13.7. The lowest BCUT2D eigenvalue weighted by atomic mass is 9.97. The van der Waals surface area contributed by atoms with E-state index in [0.717, 1.165) is 25.2 Å². The Bertz CT molecular complexity index is 723. The van der Waals surface area contributed by atoms with E-state index in [0.29, 0.717) is 29.9 Å². The smallest absolute Gasteiger partial charge is 0.255 e. The first-order valence-electron chi connectivity index (χ1n) is 8.51. The van der Waals surface area contributed by atoms with Crippen molar-refractivity contribution >= 4 is 11.7 Å². The minimum absolute atomic E-state index is 0.0152. The standard InChI is InChI=1S/C17H21N5O2/c1-11-19-16(24-21-11)13-3-2-8-22(10-13)17(23)12-4-7-15(18-9-12)20-14-5-6-14/h4,7,9,13-14H,2-3,5-6,8,10H2,1H3,(H,18,20). The highest BCUT2D eigenvalue weighted by Crippen LogP contribution is 2.27. The summed E-state index contributed by atoms with van der Waals surface area (Å²) in [6.07, 6.45) is 5.97. The molecule has 2 fully saturated rings. The summed E-state index contributed by atoms with van der Waals surface area (Å²) < 4.78 is 5.28. The molecule has 1 unspecified atom stereocenters. The topological polar surface area (TPSA) is 84.2 Å². The highest BCUT2D eigenvalue weighted by Gasteiger charge is 2.29. The van der Waals surface area contributed by atoms with Crippen LogP contribution in [0.15, 0.2) is 22.9 Å². The maximum absolute atomic E-state index is 12.7. The summed E-state index contributed by atoms with van der Waals surface area (Å²) in [5.74, 6) is 2.24. The number of carbonyl (C=O) groups is 1. The van der Waals surface area contributed by atoms with Crippen LogP contribution in [0.4, 0.5) is 5.82 Å². The highest BCUT2D eigenvalue weighted by molar-refractivity contribution is 5.94. The number of aromatic nitrogens is 3. The number of hydrogen-bond donors (Lipinski definition) is 1. The maximum atomic E-state index is 12.7. The molecule has 1 aliphatic heterocycles. The molecule has 4 rings (SSSR count). The number of likely N-dealkylation sites (tertiary alicyclic amines) is 1. The van der Waals surface area contributed by atoms with E-state index in [2.05, 4.69) is 20.4 Å². The lowest BCUT2D eigenvalue weighted by Crippen LogP contribution is -2.39. The number of rotatable bonds is 4. The van der Waals surface area contributed by atoms with Crippen LogP contribution in [0.1, 0.15) is 53.7 Å². The van der Waals surface area contributed by atoms with Gasteiger partial charge in [0.1, 0.15) is 5.82 Å². The fourth-order valence-corrected chi connectivity index (χ4v) is 3.07. The van der Waals surface area contributed by atoms with Crippen LogP contribution in [0.3, 0.4) is 0 Å². The van der Waals surface area contributed by atoms with E-state index in [4.69, 9.17) is 4.52 Å². The average molecular weight is 327 g/mol. The minimum atomic E-state index is 0.0152. The van der Waals surface area contributed by atoms with Gasteiger partial charge in [0, 0.05) is 25.3 Å². The number of pyridine rings is 1. The fraction of sp³-hybridized carbons (Fsp3) is 0.529. The van der Waals surface area contributed by atoms with Gasteiger partial charge in [-0.05, 0) is 44.7 Å². The first-order valence-corrected chi connectivity index (χ1v) is 8.51. The molecule has 7 nitrogen and oxygen atoms in total. The predicted octanol–water partition coefficient (Wildman–Crippen LogP) is 2.37. The van der Waals surface area contributed by atoms with Crippen LogP contribution in [-0.4, -0.2) is 45.1 Å². The second-order valence-corrected chi connectivity index (χ2v) is 6.62. The summed E-state index contributed by atoms with van der Waals surface area (Å²) in [5.41, 5.74) is 0.624. The van der Waals surface area contributed by atoms with Crippen molar-refractivity contribution in [2.45, 2.75) is 44.6 Å². The molecule has 1 amide bonds. The van der Waals surface area contributed by atoms with Crippen LogP contribution in [0, 0.1) is 6.92 Å². The van der Waals surface area contributed by atoms with E-state index in [9.17, 15) is 4.79 Å². The quantitative estimate of drug-likeness (QED) is 0.928. The molecule has 3 heterocycles. The van der Waals surface area contributed by atoms with Crippen LogP contribution in [0.5, 0.6) is 0 Å². The first-order chi connectivity index (χ1) is 11.7. The van der Waals surface area contributed by atoms with Gasteiger partial charge in [0.15, 0.2) is 5.82 Å². The third-order valence-corrected chi connectivity index (χ3v) is 4.54. The van der Waals surface area contributed by atoms with Gasteiger partial charge in [0.25, 0.3) is 5.91 Å². The third-order valence-electron chi connectivity index (χ3n) is 4.54. The van der Waals surface area contributed by atoms with Crippen molar-refractivity contribution in [2.24, 2.45) is 0 Å². The Morgan fingerprint density at radius 3 is 2.88 bits per heavy atom. The highest BCUT2D eigenvalue weighted by atomic mass is 16.5. The van der Waals surface area contributed by atoms with E-state index in [-0.39, 0.29) is 11.8 Å². The Labute approximate surface area is 140 Å². The molecule has 126 valence electrons. The number of hydrogen-bond acceptors (Lipinski definition) is 6. The molecule has 1 aliphatic carbocycles. The molecule has 1 atom stereocenters. The van der Waals surface area contributed by atoms with Gasteiger partial charge in [-0.2, -0.15) is 4.98 Å². The predicted molar refractivity (Wildman–Crippen MR) is 87.8 cm³/mol. The first kappa shape index (κ1) is 15.1. The number of amides is 1. The molecule has 1 saturated heterocycles. The van der Waals surface area contributed by atoms with Crippen molar-refractivity contribution in [3.8, 4) is 0 Å². The van der Waals surface area contributed by atoms with Crippen molar-refractivity contribution in [3.63, 3.8) is 0 Å². The molecule has 0 radical (unpaired) electrons. The lowest BCUT2D eigenvalue weighted by molar-refractivity contribution is 0.0695. The monoisotopic (exact) mass is 327 g/mol. The molecular weight excluding hydrogens is 306 g/mol. The zero-order chi connectivity index (χ0) is 16.5. The molecule has 24 heavy (non-hydrogen) atoms. The number of nitrogens with one attached hydrogen (secondary N) is 1. The summed E-state index contributed by atoms with van der Waals surface area (Å²) in [7, 11) is 0. The number of nitrogens with zero attached hydrogens (tertiary/aromatic N) is 4. The maximum Gasteiger partial charge on any atom is 0.255 e. The number of aryl methyl sites for hydroxylation is 1. The largest absolute Gasteiger partial charge is 0.367 e. The van der Waals surface area contributed by atoms with Gasteiger partial charge in [-0.15, -0.1) is 0 Å². The second kappa shape index (κ2) is 6.22. The van der Waals surface area contributed by atoms with E-state index in [1.807, 2.05) is 24.0 Å². The van der Waals surface area contributed by atoms with Crippen LogP contribution >= 0.6 is 0 Å². The molecule has 1 saturated carbocycles. The third kappa shape index (κ3) is 3.25. The molecule has 7 heteroatoms. The Kier molecular flexibility index (Phi) is 3.92. The molecule has 1 N–H and O–H groups in total. The Morgan fingerprint density at radius 2 is 2.21 bits per heavy atom. The lowest BCUT2D eigenvalue weighted by Gasteiger charge is -2.31. The van der Waals surface area contributed by atoms with Gasteiger partial charge in [-0.25, -0.2) is 4.98 Å². The van der Waals surface area contributed by atoms with Gasteiger partial charge in [0.2, 0.25) is 5.89 Å². The minimum Gasteiger partial charge on any atom is -0.367 e. The Morgan fingerprint density at radius 1 is 1.33 bits per heavy atom. The molecule has 2 aromatic rings. The van der Waals surface area contributed by atoms with E-state index in [1.165, 1.54) is 12.8 Å². The number of anilines is 1. The molecule has 0 bridgehead atoms. The van der Waals surface area contributed by atoms with Crippen LogP contribution < -0.4 is 5.32 Å².